The van der Waals surface area contributed by atoms with Gasteiger partial charge in [-0.2, -0.15) is 0 Å². The lowest BCUT2D eigenvalue weighted by Crippen LogP contribution is -2.49. The molecule has 36 heavy (non-hydrogen) atoms. The Morgan fingerprint density at radius 2 is 1.58 bits per heavy atom. The molecule has 2 aliphatic heterocycles. The van der Waals surface area contributed by atoms with Gasteiger partial charge in [0.05, 0.1) is 46.1 Å². The van der Waals surface area contributed by atoms with Crippen LogP contribution in [0, 0.1) is 0 Å². The predicted molar refractivity (Wildman–Crippen MR) is 134 cm³/mol. The van der Waals surface area contributed by atoms with E-state index in [-0.39, 0.29) is 11.8 Å². The molecule has 2 aliphatic rings. The van der Waals surface area contributed by atoms with Crippen molar-refractivity contribution in [3.8, 4) is 23.0 Å². The van der Waals surface area contributed by atoms with Gasteiger partial charge in [-0.05, 0) is 53.4 Å². The van der Waals surface area contributed by atoms with Gasteiger partial charge < -0.3 is 29.2 Å². The number of methoxy groups -OCH3 is 4. The molecule has 8 nitrogen and oxygen atoms in total. The molecular weight excluding hydrogens is 460 g/mol. The maximum atomic E-state index is 14.0. The quantitative estimate of drug-likeness (QED) is 0.560. The van der Waals surface area contributed by atoms with E-state index in [1.165, 1.54) is 7.11 Å². The lowest BCUT2D eigenvalue weighted by molar-refractivity contribution is -0.119. The SMILES string of the molecule is COc1ccc(NC(=O)[C@@H]2c3ccccc3C(=O)N3CCc4cc(OC)c(OC)cc4[C@H]23)c(OC)c1. The number of fused-ring (bicyclic) bond motifs is 4. The van der Waals surface area contributed by atoms with Gasteiger partial charge in [-0.3, -0.25) is 9.59 Å². The maximum absolute atomic E-state index is 14.0. The Morgan fingerprint density at radius 3 is 2.31 bits per heavy atom. The molecule has 0 aliphatic carbocycles. The van der Waals surface area contributed by atoms with Crippen molar-refractivity contribution in [3.63, 3.8) is 0 Å². The summed E-state index contributed by atoms with van der Waals surface area (Å²) in [5.74, 6) is 1.31. The highest BCUT2D eigenvalue weighted by atomic mass is 16.5. The molecule has 3 aromatic rings. The van der Waals surface area contributed by atoms with Crippen molar-refractivity contribution in [2.45, 2.75) is 18.4 Å². The number of carbonyl (C=O) groups excluding carboxylic acids is 2. The number of amides is 2. The minimum Gasteiger partial charge on any atom is -0.497 e. The molecule has 0 spiro atoms. The Morgan fingerprint density at radius 1 is 0.861 bits per heavy atom. The van der Waals surface area contributed by atoms with Crippen LogP contribution in [0.4, 0.5) is 5.69 Å². The van der Waals surface area contributed by atoms with E-state index >= 15 is 0 Å². The third-order valence-electron chi connectivity index (χ3n) is 6.97. The number of nitrogens with one attached hydrogen (secondary N) is 1. The van der Waals surface area contributed by atoms with Crippen LogP contribution in [0.1, 0.15) is 39.0 Å². The molecule has 3 aromatic carbocycles. The van der Waals surface area contributed by atoms with Crippen molar-refractivity contribution >= 4 is 17.5 Å². The molecule has 186 valence electrons. The van der Waals surface area contributed by atoms with Crippen molar-refractivity contribution in [2.24, 2.45) is 0 Å². The van der Waals surface area contributed by atoms with Crippen molar-refractivity contribution in [2.75, 3.05) is 40.3 Å². The third kappa shape index (κ3) is 3.79. The molecular formula is C28H28N2O6. The van der Waals surface area contributed by atoms with Crippen LogP contribution < -0.4 is 24.3 Å². The van der Waals surface area contributed by atoms with Crippen LogP contribution in [0.5, 0.6) is 23.0 Å². The smallest absolute Gasteiger partial charge is 0.254 e. The van der Waals surface area contributed by atoms with Crippen molar-refractivity contribution in [3.05, 3.63) is 76.9 Å². The monoisotopic (exact) mass is 488 g/mol. The van der Waals surface area contributed by atoms with Crippen molar-refractivity contribution < 1.29 is 28.5 Å². The molecule has 2 amide bonds. The number of rotatable bonds is 6. The Hall–Kier alpha value is -4.20. The van der Waals surface area contributed by atoms with Gasteiger partial charge in [-0.1, -0.05) is 18.2 Å². The maximum Gasteiger partial charge on any atom is 0.254 e. The number of carbonyl (C=O) groups is 2. The highest BCUT2D eigenvalue weighted by molar-refractivity contribution is 6.05. The van der Waals surface area contributed by atoms with E-state index in [0.717, 1.165) is 11.1 Å². The summed E-state index contributed by atoms with van der Waals surface area (Å²) < 4.78 is 21.8. The summed E-state index contributed by atoms with van der Waals surface area (Å²) in [6, 6.07) is 15.9. The van der Waals surface area contributed by atoms with Crippen LogP contribution in [0.15, 0.2) is 54.6 Å². The molecule has 2 heterocycles. The second kappa shape index (κ2) is 9.45. The van der Waals surface area contributed by atoms with Crippen LogP contribution in [0.25, 0.3) is 0 Å². The molecule has 0 saturated carbocycles. The van der Waals surface area contributed by atoms with Gasteiger partial charge in [0.2, 0.25) is 5.91 Å². The lowest BCUT2D eigenvalue weighted by atomic mass is 9.75. The molecule has 8 heteroatoms. The van der Waals surface area contributed by atoms with E-state index in [0.29, 0.717) is 52.8 Å². The minimum atomic E-state index is -0.650. The van der Waals surface area contributed by atoms with Crippen molar-refractivity contribution in [1.82, 2.24) is 4.90 Å². The first-order valence-electron chi connectivity index (χ1n) is 11.7. The van der Waals surface area contributed by atoms with Crippen LogP contribution >= 0.6 is 0 Å². The van der Waals surface area contributed by atoms with Crippen LogP contribution in [0.3, 0.4) is 0 Å². The number of nitrogens with zero attached hydrogens (tertiary/aromatic N) is 1. The normalized spacial score (nSPS) is 17.9. The molecule has 0 radical (unpaired) electrons. The summed E-state index contributed by atoms with van der Waals surface area (Å²) in [4.78, 5) is 29.3. The summed E-state index contributed by atoms with van der Waals surface area (Å²) >= 11 is 0. The second-order valence-corrected chi connectivity index (χ2v) is 8.72. The van der Waals surface area contributed by atoms with Crippen molar-refractivity contribution in [1.29, 1.82) is 0 Å². The third-order valence-corrected chi connectivity index (χ3v) is 6.97. The zero-order valence-electron chi connectivity index (χ0n) is 20.7. The van der Waals surface area contributed by atoms with E-state index in [1.807, 2.05) is 30.3 Å². The topological polar surface area (TPSA) is 86.3 Å². The van der Waals surface area contributed by atoms with Gasteiger partial charge in [-0.25, -0.2) is 0 Å². The average Bonchev–Trinajstić information content (AvgIpc) is 2.92. The number of benzene rings is 3. The van der Waals surface area contributed by atoms with E-state index in [1.54, 1.807) is 50.5 Å². The van der Waals surface area contributed by atoms with Crippen LogP contribution in [0.2, 0.25) is 0 Å². The Labute approximate surface area is 209 Å². The summed E-state index contributed by atoms with van der Waals surface area (Å²) in [6.07, 6.45) is 0.654. The van der Waals surface area contributed by atoms with Gasteiger partial charge in [0, 0.05) is 18.2 Å². The van der Waals surface area contributed by atoms with Gasteiger partial charge in [0.15, 0.2) is 11.5 Å². The van der Waals surface area contributed by atoms with Crippen LogP contribution in [-0.4, -0.2) is 51.7 Å². The number of hydrogen-bond acceptors (Lipinski definition) is 6. The fourth-order valence-corrected chi connectivity index (χ4v) is 5.25. The molecule has 1 N–H and O–H groups in total. The highest BCUT2D eigenvalue weighted by Crippen LogP contribution is 2.48. The average molecular weight is 489 g/mol. The lowest BCUT2D eigenvalue weighted by Gasteiger charge is -2.45. The Balaban J connectivity index is 1.63. The molecule has 0 fully saturated rings. The fraction of sp³-hybridized carbons (Fsp3) is 0.286. The van der Waals surface area contributed by atoms with Gasteiger partial charge in [-0.15, -0.1) is 0 Å². The minimum absolute atomic E-state index is 0.0814. The molecule has 2 atom stereocenters. The number of hydrogen-bond donors (Lipinski definition) is 1. The zero-order chi connectivity index (χ0) is 25.4. The van der Waals surface area contributed by atoms with E-state index in [9.17, 15) is 9.59 Å². The predicted octanol–water partition coefficient (Wildman–Crippen LogP) is 4.20. The number of anilines is 1. The molecule has 5 rings (SSSR count). The van der Waals surface area contributed by atoms with E-state index < -0.39 is 12.0 Å². The summed E-state index contributed by atoms with van der Waals surface area (Å²) in [5.41, 5.74) is 3.66. The van der Waals surface area contributed by atoms with Crippen LogP contribution in [-0.2, 0) is 11.2 Å². The second-order valence-electron chi connectivity index (χ2n) is 8.72. The van der Waals surface area contributed by atoms with E-state index in [4.69, 9.17) is 18.9 Å². The Kier molecular flexibility index (Phi) is 6.18. The van der Waals surface area contributed by atoms with Gasteiger partial charge >= 0.3 is 0 Å². The first kappa shape index (κ1) is 23.5. The zero-order valence-corrected chi connectivity index (χ0v) is 20.7. The summed E-state index contributed by atoms with van der Waals surface area (Å²) in [7, 11) is 6.28. The molecule has 0 saturated heterocycles. The Bertz CT molecular complexity index is 1340. The van der Waals surface area contributed by atoms with Gasteiger partial charge in [0.1, 0.15) is 11.5 Å². The molecule has 0 unspecified atom stereocenters. The standard InChI is InChI=1S/C28H28N2O6/c1-33-17-9-10-21(22(14-17)34-2)29-27(31)25-18-7-5-6-8-19(18)28(32)30-12-11-16-13-23(35-3)24(36-4)15-20(16)26(25)30/h5-10,13-15,25-26H,11-12H2,1-4H3,(H,29,31)/t25-,26-/m1/s1. The molecule has 0 aromatic heterocycles. The highest BCUT2D eigenvalue weighted by Gasteiger charge is 2.46. The number of ether oxygens (including phenoxy) is 4. The largest absolute Gasteiger partial charge is 0.497 e. The fourth-order valence-electron chi connectivity index (χ4n) is 5.25. The summed E-state index contributed by atoms with van der Waals surface area (Å²) in [6.45, 7) is 0.496. The molecule has 0 bridgehead atoms. The van der Waals surface area contributed by atoms with Gasteiger partial charge in [0.25, 0.3) is 5.91 Å². The first-order chi connectivity index (χ1) is 17.5. The summed E-state index contributed by atoms with van der Waals surface area (Å²) in [5, 5.41) is 3.04. The first-order valence-corrected chi connectivity index (χ1v) is 11.7. The van der Waals surface area contributed by atoms with E-state index in [2.05, 4.69) is 5.32 Å².